The molecule has 1 aromatic carbocycles. The lowest BCUT2D eigenvalue weighted by molar-refractivity contribution is -0.383. The van der Waals surface area contributed by atoms with Gasteiger partial charge in [-0.1, -0.05) is 13.0 Å². The molecule has 2 N–H and O–H groups in total. The number of nitro groups is 1. The minimum atomic E-state index is -0.369. The summed E-state index contributed by atoms with van der Waals surface area (Å²) in [5.74, 6) is 0. The van der Waals surface area contributed by atoms with E-state index in [1.807, 2.05) is 6.92 Å². The lowest BCUT2D eigenvalue weighted by Gasteiger charge is -2.11. The molecule has 1 rings (SSSR count). The predicted molar refractivity (Wildman–Crippen MR) is 83.1 cm³/mol. The molecule has 1 aromatic rings. The Morgan fingerprint density at radius 3 is 2.38 bits per heavy atom. The molecule has 0 amide bonds. The lowest BCUT2D eigenvalue weighted by Crippen LogP contribution is -2.13. The van der Waals surface area contributed by atoms with Crippen LogP contribution in [0.5, 0.6) is 0 Å². The summed E-state index contributed by atoms with van der Waals surface area (Å²) in [4.78, 5) is 10.9. The van der Waals surface area contributed by atoms with Gasteiger partial charge >= 0.3 is 5.69 Å². The van der Waals surface area contributed by atoms with E-state index in [2.05, 4.69) is 10.6 Å². The maximum Gasteiger partial charge on any atom is 0.315 e. The molecule has 0 heterocycles. The Morgan fingerprint density at radius 1 is 1.14 bits per heavy atom. The molecular weight excluding hydrogens is 274 g/mol. The average molecular weight is 297 g/mol. The number of nitrogens with zero attached hydrogens (tertiary/aromatic N) is 1. The highest BCUT2D eigenvalue weighted by Crippen LogP contribution is 2.32. The number of nitrogens with one attached hydrogen (secondary N) is 2. The first-order chi connectivity index (χ1) is 10.2. The number of hydrogen-bond acceptors (Lipinski definition) is 6. The van der Waals surface area contributed by atoms with E-state index >= 15 is 0 Å². The summed E-state index contributed by atoms with van der Waals surface area (Å²) in [6.45, 7) is 4.73. The standard InChI is InChI=1S/C14H23N3O4/c1-3-7-15-12-5-4-6-13(14(12)17(18)19)16-8-9-21-11-10-20-2/h4-6,15-16H,3,7-11H2,1-2H3. The first-order valence-corrected chi connectivity index (χ1v) is 7.02. The quantitative estimate of drug-likeness (QED) is 0.371. The summed E-state index contributed by atoms with van der Waals surface area (Å²) in [6, 6.07) is 5.21. The Morgan fingerprint density at radius 2 is 1.81 bits per heavy atom. The number of methoxy groups -OCH3 is 1. The Balaban J connectivity index is 2.61. The molecule has 21 heavy (non-hydrogen) atoms. The second kappa shape index (κ2) is 9.95. The van der Waals surface area contributed by atoms with Gasteiger partial charge in [0, 0.05) is 20.2 Å². The van der Waals surface area contributed by atoms with Crippen molar-refractivity contribution in [3.05, 3.63) is 28.3 Å². The van der Waals surface area contributed by atoms with Crippen LogP contribution in [0.1, 0.15) is 13.3 Å². The van der Waals surface area contributed by atoms with E-state index in [0.29, 0.717) is 44.3 Å². The third-order valence-electron chi connectivity index (χ3n) is 2.78. The number of hydrogen-bond donors (Lipinski definition) is 2. The molecule has 0 saturated carbocycles. The van der Waals surface area contributed by atoms with Crippen LogP contribution >= 0.6 is 0 Å². The third kappa shape index (κ3) is 5.97. The molecule has 0 bridgehead atoms. The first-order valence-electron chi connectivity index (χ1n) is 7.02. The third-order valence-corrected chi connectivity index (χ3v) is 2.78. The zero-order valence-electron chi connectivity index (χ0n) is 12.6. The van der Waals surface area contributed by atoms with Gasteiger partial charge in [0.2, 0.25) is 0 Å². The molecular formula is C14H23N3O4. The van der Waals surface area contributed by atoms with Gasteiger partial charge < -0.3 is 20.1 Å². The monoisotopic (exact) mass is 297 g/mol. The molecule has 7 heteroatoms. The largest absolute Gasteiger partial charge is 0.382 e. The predicted octanol–water partition coefficient (Wildman–Crippen LogP) is 2.49. The van der Waals surface area contributed by atoms with Gasteiger partial charge in [-0.25, -0.2) is 0 Å². The molecule has 0 aromatic heterocycles. The van der Waals surface area contributed by atoms with Crippen LogP contribution in [-0.2, 0) is 9.47 Å². The Bertz CT molecular complexity index is 440. The van der Waals surface area contributed by atoms with E-state index < -0.39 is 0 Å². The average Bonchev–Trinajstić information content (AvgIpc) is 2.48. The van der Waals surface area contributed by atoms with Crippen molar-refractivity contribution in [3.8, 4) is 0 Å². The molecule has 0 saturated heterocycles. The van der Waals surface area contributed by atoms with Crippen LogP contribution in [-0.4, -0.2) is 44.9 Å². The van der Waals surface area contributed by atoms with Crippen molar-refractivity contribution < 1.29 is 14.4 Å². The number of anilines is 2. The van der Waals surface area contributed by atoms with Gasteiger partial charge in [0.15, 0.2) is 0 Å². The second-order valence-corrected chi connectivity index (χ2v) is 4.42. The van der Waals surface area contributed by atoms with Crippen LogP contribution in [0.15, 0.2) is 18.2 Å². The van der Waals surface area contributed by atoms with E-state index in [-0.39, 0.29) is 10.6 Å². The molecule has 0 fully saturated rings. The van der Waals surface area contributed by atoms with Crippen molar-refractivity contribution in [2.24, 2.45) is 0 Å². The molecule has 0 unspecified atom stereocenters. The maximum atomic E-state index is 11.3. The van der Waals surface area contributed by atoms with Crippen LogP contribution < -0.4 is 10.6 Å². The molecule has 0 radical (unpaired) electrons. The van der Waals surface area contributed by atoms with Crippen LogP contribution in [0.2, 0.25) is 0 Å². The fraction of sp³-hybridized carbons (Fsp3) is 0.571. The Hall–Kier alpha value is -1.86. The summed E-state index contributed by atoms with van der Waals surface area (Å²) in [7, 11) is 1.61. The van der Waals surface area contributed by atoms with Crippen LogP contribution in [0.4, 0.5) is 17.1 Å². The summed E-state index contributed by atoms with van der Waals surface area (Å²) in [5.41, 5.74) is 1.10. The van der Waals surface area contributed by atoms with Crippen LogP contribution in [0, 0.1) is 10.1 Å². The molecule has 0 aliphatic rings. The highest BCUT2D eigenvalue weighted by Gasteiger charge is 2.18. The van der Waals surface area contributed by atoms with E-state index in [9.17, 15) is 10.1 Å². The van der Waals surface area contributed by atoms with Crippen molar-refractivity contribution in [3.63, 3.8) is 0 Å². The number of ether oxygens (including phenoxy) is 2. The number of nitro benzene ring substituents is 1. The zero-order chi connectivity index (χ0) is 15.5. The van der Waals surface area contributed by atoms with E-state index in [4.69, 9.17) is 9.47 Å². The molecule has 118 valence electrons. The van der Waals surface area contributed by atoms with E-state index in [1.54, 1.807) is 25.3 Å². The maximum absolute atomic E-state index is 11.3. The fourth-order valence-corrected chi connectivity index (χ4v) is 1.79. The highest BCUT2D eigenvalue weighted by molar-refractivity contribution is 5.76. The molecule has 0 spiro atoms. The molecule has 0 aliphatic heterocycles. The molecule has 0 aliphatic carbocycles. The second-order valence-electron chi connectivity index (χ2n) is 4.42. The van der Waals surface area contributed by atoms with Gasteiger partial charge in [-0.3, -0.25) is 10.1 Å². The number of benzene rings is 1. The van der Waals surface area contributed by atoms with E-state index in [1.165, 1.54) is 0 Å². The number of rotatable bonds is 11. The fourth-order valence-electron chi connectivity index (χ4n) is 1.79. The van der Waals surface area contributed by atoms with Gasteiger partial charge in [0.1, 0.15) is 11.4 Å². The van der Waals surface area contributed by atoms with Crippen molar-refractivity contribution in [1.29, 1.82) is 0 Å². The van der Waals surface area contributed by atoms with Crippen molar-refractivity contribution >= 4 is 17.1 Å². The summed E-state index contributed by atoms with van der Waals surface area (Å²) in [6.07, 6.45) is 0.905. The Labute approximate surface area is 124 Å². The zero-order valence-corrected chi connectivity index (χ0v) is 12.6. The SMILES string of the molecule is CCCNc1cccc(NCCOCCOC)c1[N+](=O)[O-]. The van der Waals surface area contributed by atoms with Crippen LogP contribution in [0.25, 0.3) is 0 Å². The minimum Gasteiger partial charge on any atom is -0.382 e. The summed E-state index contributed by atoms with van der Waals surface area (Å²) >= 11 is 0. The van der Waals surface area contributed by atoms with Gasteiger partial charge in [0.25, 0.3) is 0 Å². The summed E-state index contributed by atoms with van der Waals surface area (Å²) in [5, 5.41) is 17.4. The molecule has 7 nitrogen and oxygen atoms in total. The van der Waals surface area contributed by atoms with Crippen molar-refractivity contribution in [1.82, 2.24) is 0 Å². The van der Waals surface area contributed by atoms with E-state index in [0.717, 1.165) is 6.42 Å². The van der Waals surface area contributed by atoms with Crippen LogP contribution in [0.3, 0.4) is 0 Å². The van der Waals surface area contributed by atoms with Gasteiger partial charge in [-0.05, 0) is 18.6 Å². The first kappa shape index (κ1) is 17.2. The van der Waals surface area contributed by atoms with Crippen molar-refractivity contribution in [2.45, 2.75) is 13.3 Å². The minimum absolute atomic E-state index is 0.0721. The normalized spacial score (nSPS) is 10.4. The Kier molecular flexibility index (Phi) is 8.15. The van der Waals surface area contributed by atoms with Gasteiger partial charge in [-0.2, -0.15) is 0 Å². The topological polar surface area (TPSA) is 85.7 Å². The van der Waals surface area contributed by atoms with Crippen molar-refractivity contribution in [2.75, 3.05) is 50.7 Å². The van der Waals surface area contributed by atoms with Gasteiger partial charge in [0.05, 0.1) is 24.7 Å². The lowest BCUT2D eigenvalue weighted by atomic mass is 10.2. The number of para-hydroxylation sites is 1. The smallest absolute Gasteiger partial charge is 0.315 e. The molecule has 0 atom stereocenters. The van der Waals surface area contributed by atoms with Gasteiger partial charge in [-0.15, -0.1) is 0 Å². The summed E-state index contributed by atoms with van der Waals surface area (Å²) < 4.78 is 10.2. The highest BCUT2D eigenvalue weighted by atomic mass is 16.6.